The molecule has 1 fully saturated rings. The number of hydrogen-bond donors (Lipinski definition) is 0. The van der Waals surface area contributed by atoms with Crippen molar-refractivity contribution in [2.75, 3.05) is 24.6 Å². The number of unbranched alkanes of at least 4 members (excludes halogenated alkanes) is 3. The highest BCUT2D eigenvalue weighted by molar-refractivity contribution is 8.26. The number of amides is 2. The van der Waals surface area contributed by atoms with E-state index in [1.807, 2.05) is 24.3 Å². The third kappa shape index (κ3) is 5.18. The van der Waals surface area contributed by atoms with E-state index >= 15 is 0 Å². The molecule has 2 heterocycles. The largest absolute Gasteiger partial charge is 0.466 e. The fourth-order valence-corrected chi connectivity index (χ4v) is 5.11. The van der Waals surface area contributed by atoms with Gasteiger partial charge in [-0.3, -0.25) is 19.3 Å². The van der Waals surface area contributed by atoms with Crippen LogP contribution in [0.5, 0.6) is 0 Å². The zero-order chi connectivity index (χ0) is 22.4. The van der Waals surface area contributed by atoms with Gasteiger partial charge in [0.15, 0.2) is 0 Å². The number of benzene rings is 1. The van der Waals surface area contributed by atoms with Crippen molar-refractivity contribution in [1.29, 1.82) is 0 Å². The molecular formula is C23H28N2O4S2. The van der Waals surface area contributed by atoms with Gasteiger partial charge in [-0.2, -0.15) is 0 Å². The van der Waals surface area contributed by atoms with Gasteiger partial charge in [0.05, 0.1) is 22.8 Å². The number of carbonyl (C=O) groups is 3. The molecule has 0 unspecified atom stereocenters. The van der Waals surface area contributed by atoms with Crippen LogP contribution in [0.25, 0.3) is 5.57 Å². The Morgan fingerprint density at radius 2 is 1.74 bits per heavy atom. The van der Waals surface area contributed by atoms with Crippen LogP contribution in [0.1, 0.15) is 57.9 Å². The standard InChI is InChI=1S/C23H28N2O4S2/c1-3-5-14-24-17-12-9-8-11-16(17)19(21(24)27)20-22(28)25(23(30)31-20)15-10-6-7-13-18(26)29-4-2/h8-9,11-12H,3-7,10,13-15H2,1-2H3/b20-19-. The lowest BCUT2D eigenvalue weighted by Gasteiger charge is -2.16. The number of carbonyl (C=O) groups excluding carboxylic acids is 3. The third-order valence-electron chi connectivity index (χ3n) is 5.30. The first kappa shape index (κ1) is 23.5. The summed E-state index contributed by atoms with van der Waals surface area (Å²) in [5, 5.41) is 0. The molecule has 0 atom stereocenters. The van der Waals surface area contributed by atoms with E-state index in [1.165, 1.54) is 11.8 Å². The molecule has 0 aromatic heterocycles. The first-order valence-electron chi connectivity index (χ1n) is 10.8. The second-order valence-electron chi connectivity index (χ2n) is 7.47. The lowest BCUT2D eigenvalue weighted by Crippen LogP contribution is -2.30. The van der Waals surface area contributed by atoms with E-state index in [1.54, 1.807) is 16.7 Å². The molecule has 166 valence electrons. The first-order chi connectivity index (χ1) is 15.0. The Morgan fingerprint density at radius 1 is 1.00 bits per heavy atom. The van der Waals surface area contributed by atoms with Crippen molar-refractivity contribution in [1.82, 2.24) is 4.90 Å². The summed E-state index contributed by atoms with van der Waals surface area (Å²) in [7, 11) is 0. The summed E-state index contributed by atoms with van der Waals surface area (Å²) in [6.07, 6.45) is 4.53. The van der Waals surface area contributed by atoms with Crippen LogP contribution < -0.4 is 4.90 Å². The Labute approximate surface area is 193 Å². The molecular weight excluding hydrogens is 432 g/mol. The molecule has 8 heteroatoms. The second kappa shape index (κ2) is 10.9. The van der Waals surface area contributed by atoms with Crippen molar-refractivity contribution in [3.05, 3.63) is 34.7 Å². The summed E-state index contributed by atoms with van der Waals surface area (Å²) in [6, 6.07) is 7.63. The molecule has 2 aliphatic heterocycles. The van der Waals surface area contributed by atoms with E-state index in [-0.39, 0.29) is 17.8 Å². The number of para-hydroxylation sites is 1. The SMILES string of the molecule is CCCCN1C(=O)/C(=C2\SC(=S)N(CCCCCC(=O)OCC)C2=O)c2ccccc21. The van der Waals surface area contributed by atoms with Gasteiger partial charge >= 0.3 is 5.97 Å². The third-order valence-corrected chi connectivity index (χ3v) is 6.75. The monoisotopic (exact) mass is 460 g/mol. The fraction of sp³-hybridized carbons (Fsp3) is 0.478. The lowest BCUT2D eigenvalue weighted by molar-refractivity contribution is -0.143. The van der Waals surface area contributed by atoms with Crippen molar-refractivity contribution in [2.24, 2.45) is 0 Å². The summed E-state index contributed by atoms with van der Waals surface area (Å²) in [5.41, 5.74) is 2.13. The van der Waals surface area contributed by atoms with Crippen LogP contribution in [-0.4, -0.2) is 46.7 Å². The van der Waals surface area contributed by atoms with Crippen LogP contribution in [0.3, 0.4) is 0 Å². The normalized spacial score (nSPS) is 18.2. The van der Waals surface area contributed by atoms with E-state index < -0.39 is 0 Å². The maximum atomic E-state index is 13.2. The van der Waals surface area contributed by atoms with E-state index in [9.17, 15) is 14.4 Å². The van der Waals surface area contributed by atoms with Crippen molar-refractivity contribution < 1.29 is 19.1 Å². The van der Waals surface area contributed by atoms with Crippen LogP contribution in [0.4, 0.5) is 5.69 Å². The average Bonchev–Trinajstić information content (AvgIpc) is 3.19. The number of anilines is 1. The zero-order valence-corrected chi connectivity index (χ0v) is 19.7. The highest BCUT2D eigenvalue weighted by Gasteiger charge is 2.41. The minimum Gasteiger partial charge on any atom is -0.466 e. The number of nitrogens with zero attached hydrogens (tertiary/aromatic N) is 2. The van der Waals surface area contributed by atoms with Gasteiger partial charge in [-0.25, -0.2) is 0 Å². The molecule has 0 radical (unpaired) electrons. The van der Waals surface area contributed by atoms with Crippen molar-refractivity contribution in [2.45, 2.75) is 52.4 Å². The lowest BCUT2D eigenvalue weighted by atomic mass is 10.1. The highest BCUT2D eigenvalue weighted by Crippen LogP contribution is 2.44. The van der Waals surface area contributed by atoms with Crippen molar-refractivity contribution in [3.63, 3.8) is 0 Å². The van der Waals surface area contributed by atoms with E-state index in [2.05, 4.69) is 6.92 Å². The second-order valence-corrected chi connectivity index (χ2v) is 9.12. The van der Waals surface area contributed by atoms with Gasteiger partial charge < -0.3 is 9.64 Å². The summed E-state index contributed by atoms with van der Waals surface area (Å²) in [6.45, 7) is 5.39. The summed E-state index contributed by atoms with van der Waals surface area (Å²) < 4.78 is 5.41. The molecule has 2 amide bonds. The molecule has 31 heavy (non-hydrogen) atoms. The highest BCUT2D eigenvalue weighted by atomic mass is 32.2. The Bertz CT molecular complexity index is 913. The molecule has 3 rings (SSSR count). The summed E-state index contributed by atoms with van der Waals surface area (Å²) in [5.74, 6) is -0.510. The summed E-state index contributed by atoms with van der Waals surface area (Å²) in [4.78, 5) is 41.6. The predicted octanol–water partition coefficient (Wildman–Crippen LogP) is 4.53. The maximum Gasteiger partial charge on any atom is 0.305 e. The van der Waals surface area contributed by atoms with Crippen LogP contribution in [-0.2, 0) is 19.1 Å². The van der Waals surface area contributed by atoms with Gasteiger partial charge in [-0.15, -0.1) is 0 Å². The minimum absolute atomic E-state index is 0.121. The van der Waals surface area contributed by atoms with E-state index in [4.69, 9.17) is 17.0 Å². The molecule has 6 nitrogen and oxygen atoms in total. The summed E-state index contributed by atoms with van der Waals surface area (Å²) >= 11 is 6.67. The Hall–Kier alpha value is -2.19. The molecule has 1 aromatic rings. The smallest absolute Gasteiger partial charge is 0.305 e. The predicted molar refractivity (Wildman–Crippen MR) is 128 cm³/mol. The van der Waals surface area contributed by atoms with E-state index in [0.29, 0.717) is 47.3 Å². The molecule has 0 bridgehead atoms. The van der Waals surface area contributed by atoms with Crippen LogP contribution in [0.2, 0.25) is 0 Å². The van der Waals surface area contributed by atoms with Crippen molar-refractivity contribution in [3.8, 4) is 0 Å². The van der Waals surface area contributed by atoms with Gasteiger partial charge in [-0.1, -0.05) is 61.9 Å². The van der Waals surface area contributed by atoms with Gasteiger partial charge in [0.2, 0.25) is 0 Å². The fourth-order valence-electron chi connectivity index (χ4n) is 3.73. The number of fused-ring (bicyclic) bond motifs is 1. The Kier molecular flexibility index (Phi) is 8.26. The number of ether oxygens (including phenoxy) is 1. The van der Waals surface area contributed by atoms with Crippen LogP contribution in [0, 0.1) is 0 Å². The molecule has 1 saturated heterocycles. The van der Waals surface area contributed by atoms with Crippen molar-refractivity contribution >= 4 is 57.3 Å². The van der Waals surface area contributed by atoms with Gasteiger partial charge in [0, 0.05) is 25.1 Å². The molecule has 0 spiro atoms. The van der Waals surface area contributed by atoms with E-state index in [0.717, 1.165) is 36.9 Å². The first-order valence-corrected chi connectivity index (χ1v) is 12.1. The zero-order valence-electron chi connectivity index (χ0n) is 18.0. The number of esters is 1. The number of hydrogen-bond acceptors (Lipinski definition) is 6. The molecule has 2 aliphatic rings. The number of thioether (sulfide) groups is 1. The Morgan fingerprint density at radius 3 is 2.48 bits per heavy atom. The molecule has 0 saturated carbocycles. The molecule has 0 aliphatic carbocycles. The van der Waals surface area contributed by atoms with Crippen LogP contribution in [0.15, 0.2) is 29.2 Å². The van der Waals surface area contributed by atoms with Gasteiger partial charge in [-0.05, 0) is 32.3 Å². The molecule has 1 aromatic carbocycles. The van der Waals surface area contributed by atoms with Gasteiger partial charge in [0.1, 0.15) is 4.32 Å². The van der Waals surface area contributed by atoms with Crippen LogP contribution >= 0.6 is 24.0 Å². The number of thiocarbonyl (C=S) groups is 1. The average molecular weight is 461 g/mol. The Balaban J connectivity index is 1.70. The minimum atomic E-state index is -0.198. The number of rotatable bonds is 10. The topological polar surface area (TPSA) is 66.9 Å². The van der Waals surface area contributed by atoms with Gasteiger partial charge in [0.25, 0.3) is 11.8 Å². The maximum absolute atomic E-state index is 13.2. The molecule has 0 N–H and O–H groups in total. The quantitative estimate of drug-likeness (QED) is 0.221.